The fourth-order valence-corrected chi connectivity index (χ4v) is 2.40. The summed E-state index contributed by atoms with van der Waals surface area (Å²) in [4.78, 5) is 6.75. The van der Waals surface area contributed by atoms with Crippen LogP contribution in [0, 0.1) is 0 Å². The molecule has 2 heterocycles. The number of hydrogen-bond donors (Lipinski definition) is 1. The SMILES string of the molecule is COc1ccccc1-c1nc(C2CNCCN2C)no1.Cl. The number of ether oxygens (including phenoxy) is 1. The number of nitrogens with one attached hydrogen (secondary N) is 1. The number of methoxy groups -OCH3 is 1. The summed E-state index contributed by atoms with van der Waals surface area (Å²) in [6.45, 7) is 2.80. The molecule has 1 aliphatic heterocycles. The molecule has 1 N–H and O–H groups in total. The van der Waals surface area contributed by atoms with Gasteiger partial charge in [-0.3, -0.25) is 4.90 Å². The van der Waals surface area contributed by atoms with E-state index in [-0.39, 0.29) is 18.4 Å². The quantitative estimate of drug-likeness (QED) is 0.932. The lowest BCUT2D eigenvalue weighted by Gasteiger charge is -2.30. The largest absolute Gasteiger partial charge is 0.496 e. The van der Waals surface area contributed by atoms with E-state index in [9.17, 15) is 0 Å². The Morgan fingerprint density at radius 1 is 1.38 bits per heavy atom. The first-order valence-electron chi connectivity index (χ1n) is 6.67. The lowest BCUT2D eigenvalue weighted by molar-refractivity contribution is 0.190. The molecule has 1 aromatic heterocycles. The van der Waals surface area contributed by atoms with E-state index in [4.69, 9.17) is 9.26 Å². The Kier molecular flexibility index (Phi) is 5.17. The number of aromatic nitrogens is 2. The van der Waals surface area contributed by atoms with Gasteiger partial charge in [-0.15, -0.1) is 12.4 Å². The molecule has 0 aliphatic carbocycles. The molecule has 0 saturated carbocycles. The number of nitrogens with zero attached hydrogens (tertiary/aromatic N) is 3. The molecular weight excluding hydrogens is 292 g/mol. The van der Waals surface area contributed by atoms with Crippen LogP contribution in [0.4, 0.5) is 0 Å². The van der Waals surface area contributed by atoms with Gasteiger partial charge in [0.25, 0.3) is 5.89 Å². The Morgan fingerprint density at radius 3 is 2.95 bits per heavy atom. The van der Waals surface area contributed by atoms with E-state index in [0.717, 1.165) is 30.9 Å². The van der Waals surface area contributed by atoms with Crippen molar-refractivity contribution in [2.75, 3.05) is 33.8 Å². The van der Waals surface area contributed by atoms with Gasteiger partial charge in [-0.05, 0) is 19.2 Å². The molecule has 2 aromatic rings. The third-order valence-electron chi connectivity index (χ3n) is 3.59. The Balaban J connectivity index is 0.00000161. The first kappa shape index (κ1) is 15.8. The van der Waals surface area contributed by atoms with Gasteiger partial charge in [0.05, 0.1) is 18.7 Å². The van der Waals surface area contributed by atoms with Crippen molar-refractivity contribution < 1.29 is 9.26 Å². The molecule has 1 fully saturated rings. The molecule has 21 heavy (non-hydrogen) atoms. The highest BCUT2D eigenvalue weighted by molar-refractivity contribution is 5.85. The Bertz CT molecular complexity index is 590. The number of para-hydroxylation sites is 1. The van der Waals surface area contributed by atoms with E-state index in [2.05, 4.69) is 27.4 Å². The second-order valence-corrected chi connectivity index (χ2v) is 4.86. The number of benzene rings is 1. The van der Waals surface area contributed by atoms with Gasteiger partial charge in [-0.2, -0.15) is 4.98 Å². The highest BCUT2D eigenvalue weighted by Gasteiger charge is 2.26. The average molecular weight is 311 g/mol. The zero-order valence-electron chi connectivity index (χ0n) is 12.1. The second kappa shape index (κ2) is 6.89. The summed E-state index contributed by atoms with van der Waals surface area (Å²) in [5, 5.41) is 7.47. The van der Waals surface area contributed by atoms with Crippen molar-refractivity contribution in [3.8, 4) is 17.2 Å². The van der Waals surface area contributed by atoms with Gasteiger partial charge < -0.3 is 14.6 Å². The van der Waals surface area contributed by atoms with Crippen LogP contribution in [-0.4, -0.2) is 48.8 Å². The maximum absolute atomic E-state index is 5.40. The average Bonchev–Trinajstić information content (AvgIpc) is 2.97. The molecule has 0 amide bonds. The molecule has 1 aromatic carbocycles. The Labute approximate surface area is 129 Å². The van der Waals surface area contributed by atoms with Crippen LogP contribution in [-0.2, 0) is 0 Å². The third kappa shape index (κ3) is 3.18. The number of likely N-dealkylation sites (N-methyl/N-ethyl adjacent to an activating group) is 1. The van der Waals surface area contributed by atoms with Gasteiger partial charge >= 0.3 is 0 Å². The molecule has 1 unspecified atom stereocenters. The molecule has 7 heteroatoms. The highest BCUT2D eigenvalue weighted by Crippen LogP contribution is 2.29. The molecule has 3 rings (SSSR count). The van der Waals surface area contributed by atoms with Gasteiger partial charge in [-0.25, -0.2) is 0 Å². The van der Waals surface area contributed by atoms with E-state index in [1.54, 1.807) is 7.11 Å². The highest BCUT2D eigenvalue weighted by atomic mass is 35.5. The van der Waals surface area contributed by atoms with Crippen molar-refractivity contribution in [3.05, 3.63) is 30.1 Å². The minimum Gasteiger partial charge on any atom is -0.496 e. The summed E-state index contributed by atoms with van der Waals surface area (Å²) in [6, 6.07) is 7.79. The fraction of sp³-hybridized carbons (Fsp3) is 0.429. The molecule has 6 nitrogen and oxygen atoms in total. The van der Waals surface area contributed by atoms with E-state index in [1.807, 2.05) is 24.3 Å². The molecule has 114 valence electrons. The van der Waals surface area contributed by atoms with Crippen LogP contribution in [0.15, 0.2) is 28.8 Å². The van der Waals surface area contributed by atoms with Crippen molar-refractivity contribution in [2.24, 2.45) is 0 Å². The first-order chi connectivity index (χ1) is 9.79. The van der Waals surface area contributed by atoms with Gasteiger partial charge in [-0.1, -0.05) is 17.3 Å². The van der Waals surface area contributed by atoms with Crippen LogP contribution in [0.5, 0.6) is 5.75 Å². The monoisotopic (exact) mass is 310 g/mol. The van der Waals surface area contributed by atoms with Crippen molar-refractivity contribution in [1.29, 1.82) is 0 Å². The standard InChI is InChI=1S/C14H18N4O2.ClH/c1-18-8-7-15-9-11(18)13-16-14(20-17-13)10-5-3-4-6-12(10)19-2;/h3-6,11,15H,7-9H2,1-2H3;1H. The van der Waals surface area contributed by atoms with Gasteiger partial charge in [0.1, 0.15) is 5.75 Å². The summed E-state index contributed by atoms with van der Waals surface area (Å²) >= 11 is 0. The molecule has 0 bridgehead atoms. The molecule has 1 aliphatic rings. The number of rotatable bonds is 3. The predicted molar refractivity (Wildman–Crippen MR) is 81.8 cm³/mol. The summed E-state index contributed by atoms with van der Waals surface area (Å²) in [5.74, 6) is 1.94. The summed E-state index contributed by atoms with van der Waals surface area (Å²) in [5.41, 5.74) is 0.820. The normalized spacial score (nSPS) is 19.0. The fourth-order valence-electron chi connectivity index (χ4n) is 2.40. The second-order valence-electron chi connectivity index (χ2n) is 4.86. The minimum absolute atomic E-state index is 0. The summed E-state index contributed by atoms with van der Waals surface area (Å²) in [7, 11) is 3.71. The van der Waals surface area contributed by atoms with E-state index in [0.29, 0.717) is 11.7 Å². The van der Waals surface area contributed by atoms with Crippen LogP contribution >= 0.6 is 12.4 Å². The van der Waals surface area contributed by atoms with E-state index < -0.39 is 0 Å². The summed E-state index contributed by atoms with van der Waals surface area (Å²) < 4.78 is 10.7. The first-order valence-corrected chi connectivity index (χ1v) is 6.67. The van der Waals surface area contributed by atoms with Crippen molar-refractivity contribution in [3.63, 3.8) is 0 Å². The van der Waals surface area contributed by atoms with Crippen LogP contribution in [0.1, 0.15) is 11.9 Å². The minimum atomic E-state index is 0. The number of halogens is 1. The zero-order valence-corrected chi connectivity index (χ0v) is 12.9. The van der Waals surface area contributed by atoms with Gasteiger partial charge in [0, 0.05) is 19.6 Å². The van der Waals surface area contributed by atoms with Gasteiger partial charge in [0.15, 0.2) is 5.82 Å². The molecule has 1 saturated heterocycles. The van der Waals surface area contributed by atoms with Crippen LogP contribution in [0.2, 0.25) is 0 Å². The Morgan fingerprint density at radius 2 is 2.19 bits per heavy atom. The van der Waals surface area contributed by atoms with Crippen LogP contribution in [0.25, 0.3) is 11.5 Å². The van der Waals surface area contributed by atoms with Crippen molar-refractivity contribution in [2.45, 2.75) is 6.04 Å². The maximum atomic E-state index is 5.40. The summed E-state index contributed by atoms with van der Waals surface area (Å²) in [6.07, 6.45) is 0. The molecule has 0 radical (unpaired) electrons. The lowest BCUT2D eigenvalue weighted by Crippen LogP contribution is -2.44. The molecule has 0 spiro atoms. The van der Waals surface area contributed by atoms with Crippen molar-refractivity contribution in [1.82, 2.24) is 20.4 Å². The smallest absolute Gasteiger partial charge is 0.261 e. The van der Waals surface area contributed by atoms with Crippen LogP contribution in [0.3, 0.4) is 0 Å². The zero-order chi connectivity index (χ0) is 13.9. The number of hydrogen-bond acceptors (Lipinski definition) is 6. The van der Waals surface area contributed by atoms with Gasteiger partial charge in [0.2, 0.25) is 0 Å². The van der Waals surface area contributed by atoms with E-state index >= 15 is 0 Å². The van der Waals surface area contributed by atoms with Crippen molar-refractivity contribution >= 4 is 12.4 Å². The predicted octanol–water partition coefficient (Wildman–Crippen LogP) is 1.74. The van der Waals surface area contributed by atoms with E-state index in [1.165, 1.54) is 0 Å². The Hall–Kier alpha value is -1.63. The maximum Gasteiger partial charge on any atom is 0.261 e. The third-order valence-corrected chi connectivity index (χ3v) is 3.59. The topological polar surface area (TPSA) is 63.4 Å². The lowest BCUT2D eigenvalue weighted by atomic mass is 10.2. The number of piperazine rings is 1. The van der Waals surface area contributed by atoms with Crippen LogP contribution < -0.4 is 10.1 Å². The molecule has 1 atom stereocenters. The molecular formula is C14H19ClN4O2.